The molecular formula is C18H27FIN5. The van der Waals surface area contributed by atoms with Gasteiger partial charge >= 0.3 is 0 Å². The largest absolute Gasteiger partial charge is 0.357 e. The lowest BCUT2D eigenvalue weighted by molar-refractivity contribution is 0.627. The number of halogens is 2. The summed E-state index contributed by atoms with van der Waals surface area (Å²) in [6, 6.07) is 6.42. The Bertz CT molecular complexity index is 694. The second-order valence-corrected chi connectivity index (χ2v) is 5.77. The lowest BCUT2D eigenvalue weighted by Crippen LogP contribution is -2.38. The van der Waals surface area contributed by atoms with Gasteiger partial charge in [-0.25, -0.2) is 9.38 Å². The van der Waals surface area contributed by atoms with E-state index >= 15 is 0 Å². The maximum Gasteiger partial charge on any atom is 0.191 e. The van der Waals surface area contributed by atoms with Crippen LogP contribution in [-0.4, -0.2) is 28.8 Å². The Balaban J connectivity index is 0.00000312. The average Bonchev–Trinajstić information content (AvgIpc) is 2.80. The first-order chi connectivity index (χ1) is 11.5. The molecule has 0 fully saturated rings. The fourth-order valence-corrected chi connectivity index (χ4v) is 2.59. The van der Waals surface area contributed by atoms with Crippen LogP contribution in [0, 0.1) is 19.7 Å². The number of hydrogen-bond donors (Lipinski definition) is 2. The summed E-state index contributed by atoms with van der Waals surface area (Å²) in [6.07, 6.45) is 0.895. The predicted octanol–water partition coefficient (Wildman–Crippen LogP) is 3.09. The van der Waals surface area contributed by atoms with Crippen LogP contribution < -0.4 is 10.6 Å². The van der Waals surface area contributed by atoms with Crippen LogP contribution in [0.2, 0.25) is 0 Å². The number of nitrogens with one attached hydrogen (secondary N) is 2. The third-order valence-corrected chi connectivity index (χ3v) is 4.00. The number of aryl methyl sites for hydroxylation is 2. The van der Waals surface area contributed by atoms with Gasteiger partial charge in [-0.2, -0.15) is 5.10 Å². The zero-order valence-corrected chi connectivity index (χ0v) is 17.6. The first kappa shape index (κ1) is 21.4. The lowest BCUT2D eigenvalue weighted by atomic mass is 10.1. The van der Waals surface area contributed by atoms with Gasteiger partial charge in [-0.1, -0.05) is 12.1 Å². The van der Waals surface area contributed by atoms with Crippen molar-refractivity contribution in [2.24, 2.45) is 12.0 Å². The number of hydrogen-bond acceptors (Lipinski definition) is 2. The van der Waals surface area contributed by atoms with Gasteiger partial charge in [0.15, 0.2) is 5.96 Å². The van der Waals surface area contributed by atoms with Crippen LogP contribution in [0.3, 0.4) is 0 Å². The zero-order valence-electron chi connectivity index (χ0n) is 15.3. The third kappa shape index (κ3) is 6.30. The smallest absolute Gasteiger partial charge is 0.191 e. The van der Waals surface area contributed by atoms with E-state index in [4.69, 9.17) is 0 Å². The van der Waals surface area contributed by atoms with Gasteiger partial charge in [-0.15, -0.1) is 24.0 Å². The van der Waals surface area contributed by atoms with Crippen LogP contribution >= 0.6 is 24.0 Å². The lowest BCUT2D eigenvalue weighted by Gasteiger charge is -2.11. The molecule has 0 spiro atoms. The van der Waals surface area contributed by atoms with Crippen molar-refractivity contribution in [1.82, 2.24) is 20.4 Å². The Morgan fingerprint density at radius 1 is 1.20 bits per heavy atom. The van der Waals surface area contributed by atoms with Gasteiger partial charge in [0, 0.05) is 25.8 Å². The molecule has 1 aromatic carbocycles. The van der Waals surface area contributed by atoms with Gasteiger partial charge in [0.2, 0.25) is 0 Å². The number of benzene rings is 1. The van der Waals surface area contributed by atoms with Gasteiger partial charge in [0.25, 0.3) is 0 Å². The fourth-order valence-electron chi connectivity index (χ4n) is 2.59. The van der Waals surface area contributed by atoms with Crippen molar-refractivity contribution < 1.29 is 4.39 Å². The van der Waals surface area contributed by atoms with Crippen LogP contribution in [0.15, 0.2) is 29.3 Å². The first-order valence-corrected chi connectivity index (χ1v) is 8.27. The molecule has 0 amide bonds. The Hall–Kier alpha value is -1.64. The highest BCUT2D eigenvalue weighted by Gasteiger charge is 2.09. The molecule has 0 saturated carbocycles. The molecule has 1 aromatic heterocycles. The van der Waals surface area contributed by atoms with Crippen molar-refractivity contribution in [2.45, 2.75) is 33.7 Å². The molecule has 7 heteroatoms. The van der Waals surface area contributed by atoms with Crippen molar-refractivity contribution in [3.8, 4) is 0 Å². The second kappa shape index (κ2) is 10.4. The maximum atomic E-state index is 12.9. The van der Waals surface area contributed by atoms with Crippen molar-refractivity contribution >= 4 is 29.9 Å². The molecule has 0 unspecified atom stereocenters. The molecular weight excluding hydrogens is 432 g/mol. The van der Waals surface area contributed by atoms with Gasteiger partial charge in [-0.05, 0) is 50.5 Å². The molecule has 1 heterocycles. The van der Waals surface area contributed by atoms with Gasteiger partial charge in [0.05, 0.1) is 12.2 Å². The molecule has 0 radical (unpaired) electrons. The standard InChI is InChI=1S/C18H26FN5.HI/c1-5-20-18(22-12-15-6-8-16(19)9-7-15)21-11-10-17-13(2)23-24(4)14(17)3;/h6-9H,5,10-12H2,1-4H3,(H2,20,21,22);1H. The van der Waals surface area contributed by atoms with E-state index in [1.807, 2.05) is 25.6 Å². The van der Waals surface area contributed by atoms with Crippen LogP contribution in [0.5, 0.6) is 0 Å². The molecule has 0 atom stereocenters. The van der Waals surface area contributed by atoms with Crippen molar-refractivity contribution in [1.29, 1.82) is 0 Å². The highest BCUT2D eigenvalue weighted by Crippen LogP contribution is 2.11. The van der Waals surface area contributed by atoms with Gasteiger partial charge < -0.3 is 10.6 Å². The Labute approximate surface area is 166 Å². The normalized spacial score (nSPS) is 11.2. The minimum Gasteiger partial charge on any atom is -0.357 e. The Morgan fingerprint density at radius 3 is 2.44 bits per heavy atom. The summed E-state index contributed by atoms with van der Waals surface area (Å²) in [4.78, 5) is 4.55. The molecule has 0 saturated heterocycles. The molecule has 25 heavy (non-hydrogen) atoms. The van der Waals surface area contributed by atoms with Crippen molar-refractivity contribution in [3.05, 3.63) is 52.6 Å². The molecule has 2 rings (SSSR count). The Morgan fingerprint density at radius 2 is 1.88 bits per heavy atom. The average molecular weight is 459 g/mol. The van der Waals surface area contributed by atoms with E-state index in [1.165, 1.54) is 23.4 Å². The molecule has 0 aliphatic heterocycles. The molecule has 0 bridgehead atoms. The van der Waals surface area contributed by atoms with E-state index in [2.05, 4.69) is 27.6 Å². The zero-order chi connectivity index (χ0) is 17.5. The third-order valence-electron chi connectivity index (χ3n) is 4.00. The second-order valence-electron chi connectivity index (χ2n) is 5.77. The molecule has 2 aromatic rings. The first-order valence-electron chi connectivity index (χ1n) is 8.27. The topological polar surface area (TPSA) is 54.2 Å². The van der Waals surface area contributed by atoms with Crippen LogP contribution in [-0.2, 0) is 20.0 Å². The fraction of sp³-hybridized carbons (Fsp3) is 0.444. The van der Waals surface area contributed by atoms with Crippen LogP contribution in [0.4, 0.5) is 4.39 Å². The summed E-state index contributed by atoms with van der Waals surface area (Å²) >= 11 is 0. The minimum atomic E-state index is -0.227. The van der Waals surface area contributed by atoms with E-state index in [1.54, 1.807) is 12.1 Å². The summed E-state index contributed by atoms with van der Waals surface area (Å²) < 4.78 is 14.8. The molecule has 0 aliphatic carbocycles. The summed E-state index contributed by atoms with van der Waals surface area (Å²) in [5, 5.41) is 11.0. The SMILES string of the molecule is CCNC(=NCc1ccc(F)cc1)NCCc1c(C)nn(C)c1C.I. The van der Waals surface area contributed by atoms with Crippen molar-refractivity contribution in [3.63, 3.8) is 0 Å². The Kier molecular flexibility index (Phi) is 8.88. The number of aliphatic imine (C=N–C) groups is 1. The summed E-state index contributed by atoms with van der Waals surface area (Å²) in [7, 11) is 1.97. The molecule has 2 N–H and O–H groups in total. The highest BCUT2D eigenvalue weighted by atomic mass is 127. The number of rotatable bonds is 6. The predicted molar refractivity (Wildman–Crippen MR) is 111 cm³/mol. The van der Waals surface area contributed by atoms with Gasteiger partial charge in [-0.3, -0.25) is 4.68 Å². The monoisotopic (exact) mass is 459 g/mol. The molecule has 138 valence electrons. The molecule has 5 nitrogen and oxygen atoms in total. The minimum absolute atomic E-state index is 0. The highest BCUT2D eigenvalue weighted by molar-refractivity contribution is 14.0. The summed E-state index contributed by atoms with van der Waals surface area (Å²) in [5.74, 6) is 0.538. The van der Waals surface area contributed by atoms with E-state index in [0.29, 0.717) is 6.54 Å². The van der Waals surface area contributed by atoms with Crippen molar-refractivity contribution in [2.75, 3.05) is 13.1 Å². The van der Waals surface area contributed by atoms with Gasteiger partial charge in [0.1, 0.15) is 5.82 Å². The maximum absolute atomic E-state index is 12.9. The number of guanidine groups is 1. The molecule has 0 aliphatic rings. The van der Waals surface area contributed by atoms with Crippen LogP contribution in [0.25, 0.3) is 0 Å². The quantitative estimate of drug-likeness (QED) is 0.397. The number of aromatic nitrogens is 2. The summed E-state index contributed by atoms with van der Waals surface area (Å²) in [6.45, 7) is 8.24. The van der Waals surface area contributed by atoms with E-state index in [-0.39, 0.29) is 29.8 Å². The summed E-state index contributed by atoms with van der Waals surface area (Å²) in [5.41, 5.74) is 4.53. The van der Waals surface area contributed by atoms with E-state index in [0.717, 1.165) is 36.7 Å². The van der Waals surface area contributed by atoms with Crippen LogP contribution in [0.1, 0.15) is 29.4 Å². The number of nitrogens with zero attached hydrogens (tertiary/aromatic N) is 3. The van der Waals surface area contributed by atoms with E-state index < -0.39 is 0 Å². The van der Waals surface area contributed by atoms with E-state index in [9.17, 15) is 4.39 Å².